The lowest BCUT2D eigenvalue weighted by Crippen LogP contribution is -2.20. The third-order valence-corrected chi connectivity index (χ3v) is 5.42. The summed E-state index contributed by atoms with van der Waals surface area (Å²) in [5.41, 5.74) is 4.17. The highest BCUT2D eigenvalue weighted by Gasteiger charge is 2.33. The van der Waals surface area contributed by atoms with Crippen LogP contribution in [-0.2, 0) is 0 Å². The molecular weight excluding hydrogens is 409 g/mol. The van der Waals surface area contributed by atoms with E-state index in [1.807, 2.05) is 51.1 Å². The number of hydrogen-bond acceptors (Lipinski definition) is 5. The molecule has 1 amide bonds. The summed E-state index contributed by atoms with van der Waals surface area (Å²) in [6, 6.07) is 14.1. The minimum absolute atomic E-state index is 0.0796. The van der Waals surface area contributed by atoms with Crippen LogP contribution in [-0.4, -0.2) is 22.6 Å². The Labute approximate surface area is 186 Å². The van der Waals surface area contributed by atoms with Gasteiger partial charge in [-0.1, -0.05) is 50.2 Å². The maximum absolute atomic E-state index is 14.4. The number of nitrogens with zero attached hydrogens (tertiary/aromatic N) is 1. The molecule has 2 heterocycles. The summed E-state index contributed by atoms with van der Waals surface area (Å²) in [4.78, 5) is 16.9. The monoisotopic (exact) mass is 435 g/mol. The van der Waals surface area contributed by atoms with E-state index in [2.05, 4.69) is 15.6 Å². The molecule has 7 heteroatoms. The molecule has 0 aliphatic carbocycles. The van der Waals surface area contributed by atoms with Crippen LogP contribution in [0.3, 0.4) is 0 Å². The number of carbonyl (C=O) groups is 1. The Morgan fingerprint density at radius 3 is 2.69 bits per heavy atom. The summed E-state index contributed by atoms with van der Waals surface area (Å²) in [7, 11) is 0. The number of nitrogens with one attached hydrogen (secondary N) is 2. The number of pyridine rings is 1. The second-order valence-electron chi connectivity index (χ2n) is 8.34. The molecule has 4 rings (SSSR count). The SMILES string of the molecule is Cc1ccccc1C1NC(O)c2cccc(NC(=O)c3cnc(OCC(C)C)c(F)c3)c21. The molecule has 32 heavy (non-hydrogen) atoms. The van der Waals surface area contributed by atoms with Crippen LogP contribution in [0.5, 0.6) is 5.88 Å². The van der Waals surface area contributed by atoms with Crippen molar-refractivity contribution in [1.29, 1.82) is 0 Å². The number of aryl methyl sites for hydroxylation is 1. The normalized spacial score (nSPS) is 17.3. The zero-order valence-corrected chi connectivity index (χ0v) is 18.2. The van der Waals surface area contributed by atoms with Crippen molar-refractivity contribution in [2.45, 2.75) is 33.0 Å². The quantitative estimate of drug-likeness (QED) is 0.531. The van der Waals surface area contributed by atoms with Crippen molar-refractivity contribution in [3.63, 3.8) is 0 Å². The van der Waals surface area contributed by atoms with E-state index < -0.39 is 18.0 Å². The standard InChI is InChI=1S/C25H26FN3O3/c1-14(2)13-32-25-19(26)11-16(12-27-25)23(30)28-20-10-6-9-18-21(20)22(29-24(18)31)17-8-5-4-7-15(17)3/h4-12,14,22,24,29,31H,13H2,1-3H3,(H,28,30). The van der Waals surface area contributed by atoms with E-state index in [0.717, 1.165) is 22.8 Å². The molecule has 0 radical (unpaired) electrons. The zero-order chi connectivity index (χ0) is 22.8. The number of hydrogen-bond donors (Lipinski definition) is 3. The first kappa shape index (κ1) is 21.9. The van der Waals surface area contributed by atoms with Crippen molar-refractivity contribution in [2.75, 3.05) is 11.9 Å². The van der Waals surface area contributed by atoms with E-state index >= 15 is 0 Å². The molecule has 1 aliphatic heterocycles. The summed E-state index contributed by atoms with van der Waals surface area (Å²) in [6.45, 7) is 6.24. The van der Waals surface area contributed by atoms with E-state index in [-0.39, 0.29) is 23.4 Å². The molecule has 2 atom stereocenters. The van der Waals surface area contributed by atoms with Crippen LogP contribution in [0.25, 0.3) is 0 Å². The summed E-state index contributed by atoms with van der Waals surface area (Å²) in [6.07, 6.45) is 0.436. The van der Waals surface area contributed by atoms with Crippen LogP contribution in [0.2, 0.25) is 0 Å². The van der Waals surface area contributed by atoms with Crippen LogP contribution in [0, 0.1) is 18.7 Å². The highest BCUT2D eigenvalue weighted by atomic mass is 19.1. The molecular formula is C25H26FN3O3. The smallest absolute Gasteiger partial charge is 0.257 e. The number of aliphatic hydroxyl groups is 1. The van der Waals surface area contributed by atoms with Gasteiger partial charge in [0.25, 0.3) is 5.91 Å². The molecule has 166 valence electrons. The predicted octanol–water partition coefficient (Wildman–Crippen LogP) is 4.50. The van der Waals surface area contributed by atoms with Gasteiger partial charge in [0.15, 0.2) is 5.82 Å². The molecule has 3 aromatic rings. The fourth-order valence-electron chi connectivity index (χ4n) is 3.84. The molecule has 1 aliphatic rings. The van der Waals surface area contributed by atoms with Gasteiger partial charge in [0.05, 0.1) is 18.2 Å². The second-order valence-corrected chi connectivity index (χ2v) is 8.34. The van der Waals surface area contributed by atoms with Crippen LogP contribution in [0.4, 0.5) is 10.1 Å². The van der Waals surface area contributed by atoms with Crippen LogP contribution < -0.4 is 15.4 Å². The van der Waals surface area contributed by atoms with E-state index in [4.69, 9.17) is 4.74 Å². The summed E-state index contributed by atoms with van der Waals surface area (Å²) in [5, 5.41) is 16.6. The number of carbonyl (C=O) groups excluding carboxylic acids is 1. The van der Waals surface area contributed by atoms with Crippen molar-refractivity contribution in [1.82, 2.24) is 10.3 Å². The Morgan fingerprint density at radius 2 is 1.97 bits per heavy atom. The minimum atomic E-state index is -0.858. The van der Waals surface area contributed by atoms with Crippen molar-refractivity contribution in [3.8, 4) is 5.88 Å². The lowest BCUT2D eigenvalue weighted by Gasteiger charge is -2.19. The first-order chi connectivity index (χ1) is 15.3. The van der Waals surface area contributed by atoms with Crippen molar-refractivity contribution in [3.05, 3.63) is 88.4 Å². The van der Waals surface area contributed by atoms with Gasteiger partial charge in [-0.2, -0.15) is 0 Å². The number of aromatic nitrogens is 1. The summed E-state index contributed by atoms with van der Waals surface area (Å²) in [5.74, 6) is -1.08. The molecule has 2 unspecified atom stereocenters. The van der Waals surface area contributed by atoms with Gasteiger partial charge in [0.1, 0.15) is 6.23 Å². The number of fused-ring (bicyclic) bond motifs is 1. The molecule has 0 saturated carbocycles. The highest BCUT2D eigenvalue weighted by Crippen LogP contribution is 2.41. The largest absolute Gasteiger partial charge is 0.475 e. The predicted molar refractivity (Wildman–Crippen MR) is 120 cm³/mol. The number of benzene rings is 2. The van der Waals surface area contributed by atoms with Crippen molar-refractivity contribution in [2.24, 2.45) is 5.92 Å². The third kappa shape index (κ3) is 4.35. The minimum Gasteiger partial charge on any atom is -0.475 e. The molecule has 0 fully saturated rings. The highest BCUT2D eigenvalue weighted by molar-refractivity contribution is 6.04. The van der Waals surface area contributed by atoms with E-state index in [1.165, 1.54) is 6.20 Å². The lowest BCUT2D eigenvalue weighted by molar-refractivity contribution is 0.102. The van der Waals surface area contributed by atoms with Crippen LogP contribution in [0.1, 0.15) is 58.7 Å². The van der Waals surface area contributed by atoms with E-state index in [0.29, 0.717) is 17.9 Å². The maximum atomic E-state index is 14.4. The Kier molecular flexibility index (Phi) is 6.21. The van der Waals surface area contributed by atoms with Crippen molar-refractivity contribution < 1.29 is 19.0 Å². The van der Waals surface area contributed by atoms with Gasteiger partial charge in [-0.25, -0.2) is 9.37 Å². The first-order valence-corrected chi connectivity index (χ1v) is 10.6. The Hall–Kier alpha value is -3.29. The topological polar surface area (TPSA) is 83.5 Å². The molecule has 0 spiro atoms. The Bertz CT molecular complexity index is 1150. The van der Waals surface area contributed by atoms with Gasteiger partial charge >= 0.3 is 0 Å². The van der Waals surface area contributed by atoms with Crippen LogP contribution >= 0.6 is 0 Å². The second kappa shape index (κ2) is 9.06. The van der Waals surface area contributed by atoms with Crippen molar-refractivity contribution >= 4 is 11.6 Å². The van der Waals surface area contributed by atoms with Gasteiger partial charge < -0.3 is 15.2 Å². The fraction of sp³-hybridized carbons (Fsp3) is 0.280. The number of anilines is 1. The molecule has 0 bridgehead atoms. The average Bonchev–Trinajstić information content (AvgIpc) is 3.10. The number of amides is 1. The zero-order valence-electron chi connectivity index (χ0n) is 18.2. The average molecular weight is 435 g/mol. The molecule has 3 N–H and O–H groups in total. The van der Waals surface area contributed by atoms with Gasteiger partial charge in [0.2, 0.25) is 5.88 Å². The maximum Gasteiger partial charge on any atom is 0.257 e. The lowest BCUT2D eigenvalue weighted by atomic mass is 9.93. The van der Waals surface area contributed by atoms with Gasteiger partial charge in [0, 0.05) is 23.0 Å². The fourth-order valence-corrected chi connectivity index (χ4v) is 3.84. The molecule has 1 aromatic heterocycles. The van der Waals surface area contributed by atoms with Gasteiger partial charge in [-0.3, -0.25) is 10.1 Å². The molecule has 0 saturated heterocycles. The summed E-state index contributed by atoms with van der Waals surface area (Å²) >= 11 is 0. The molecule has 2 aromatic carbocycles. The first-order valence-electron chi connectivity index (χ1n) is 10.6. The summed E-state index contributed by atoms with van der Waals surface area (Å²) < 4.78 is 19.7. The number of ether oxygens (including phenoxy) is 1. The van der Waals surface area contributed by atoms with Crippen LogP contribution in [0.15, 0.2) is 54.7 Å². The van der Waals surface area contributed by atoms with Gasteiger partial charge in [-0.15, -0.1) is 0 Å². The van der Waals surface area contributed by atoms with E-state index in [9.17, 15) is 14.3 Å². The Balaban J connectivity index is 1.62. The van der Waals surface area contributed by atoms with E-state index in [1.54, 1.807) is 12.1 Å². The number of aliphatic hydroxyl groups excluding tert-OH is 1. The third-order valence-electron chi connectivity index (χ3n) is 5.42. The number of halogens is 1. The Morgan fingerprint density at radius 1 is 1.22 bits per heavy atom. The van der Waals surface area contributed by atoms with Gasteiger partial charge in [-0.05, 0) is 36.1 Å². The number of rotatable bonds is 6. The molecule has 6 nitrogen and oxygen atoms in total.